The zero-order valence-corrected chi connectivity index (χ0v) is 13.5. The number of primary amides is 1. The van der Waals surface area contributed by atoms with Crippen LogP contribution < -0.4 is 11.1 Å². The summed E-state index contributed by atoms with van der Waals surface area (Å²) in [6, 6.07) is 0. The van der Waals surface area contributed by atoms with E-state index in [1.54, 1.807) is 12.4 Å². The Morgan fingerprint density at radius 2 is 2.23 bits per heavy atom. The molecule has 6 nitrogen and oxygen atoms in total. The number of thiophene rings is 1. The first-order chi connectivity index (χ1) is 10.6. The maximum atomic E-state index is 12.1. The normalized spacial score (nSPS) is 13.6. The minimum absolute atomic E-state index is 0.164. The highest BCUT2D eigenvalue weighted by molar-refractivity contribution is 7.99. The van der Waals surface area contributed by atoms with Crippen LogP contribution >= 0.6 is 23.1 Å². The van der Waals surface area contributed by atoms with E-state index in [9.17, 15) is 9.59 Å². The predicted octanol–water partition coefficient (Wildman–Crippen LogP) is 2.18. The molecule has 1 aliphatic rings. The summed E-state index contributed by atoms with van der Waals surface area (Å²) in [5.74, 6) is -0.398. The zero-order valence-electron chi connectivity index (χ0n) is 11.8. The second-order valence-electron chi connectivity index (χ2n) is 5.01. The van der Waals surface area contributed by atoms with Crippen LogP contribution in [0.2, 0.25) is 0 Å². The molecule has 0 bridgehead atoms. The van der Waals surface area contributed by atoms with Crippen molar-refractivity contribution in [1.82, 2.24) is 9.97 Å². The monoisotopic (exact) mass is 336 g/mol. The molecule has 4 N–H and O–H groups in total. The Kier molecular flexibility index (Phi) is 4.49. The van der Waals surface area contributed by atoms with Gasteiger partial charge in [0.1, 0.15) is 5.00 Å². The number of carbonyl (C=O) groups excluding carboxylic acids is 2. The smallest absolute Gasteiger partial charge is 0.251 e. The van der Waals surface area contributed by atoms with E-state index in [0.29, 0.717) is 15.7 Å². The molecule has 1 aliphatic carbocycles. The van der Waals surface area contributed by atoms with Crippen LogP contribution in [-0.2, 0) is 17.6 Å². The van der Waals surface area contributed by atoms with Gasteiger partial charge in [-0.2, -0.15) is 0 Å². The molecule has 0 unspecified atom stereocenters. The van der Waals surface area contributed by atoms with Gasteiger partial charge in [0.2, 0.25) is 5.91 Å². The topological polar surface area (TPSA) is 101 Å². The molecule has 0 fully saturated rings. The van der Waals surface area contributed by atoms with Gasteiger partial charge in [-0.15, -0.1) is 11.3 Å². The van der Waals surface area contributed by atoms with Crippen LogP contribution in [-0.4, -0.2) is 27.5 Å². The first-order valence-corrected chi connectivity index (χ1v) is 8.81. The minimum atomic E-state index is -0.464. The number of imidazole rings is 1. The maximum absolute atomic E-state index is 12.1. The Bertz CT molecular complexity index is 694. The van der Waals surface area contributed by atoms with Gasteiger partial charge in [0.15, 0.2) is 5.16 Å². The van der Waals surface area contributed by atoms with E-state index in [2.05, 4.69) is 15.3 Å². The van der Waals surface area contributed by atoms with Crippen molar-refractivity contribution in [2.75, 3.05) is 11.1 Å². The fourth-order valence-corrected chi connectivity index (χ4v) is 4.48. The van der Waals surface area contributed by atoms with Crippen LogP contribution in [0.5, 0.6) is 0 Å². The number of carbonyl (C=O) groups is 2. The number of amides is 2. The second kappa shape index (κ2) is 6.53. The van der Waals surface area contributed by atoms with E-state index in [-0.39, 0.29) is 11.7 Å². The van der Waals surface area contributed by atoms with Crippen molar-refractivity contribution in [2.24, 2.45) is 5.73 Å². The Labute approximate surface area is 135 Å². The van der Waals surface area contributed by atoms with Gasteiger partial charge in [0.05, 0.1) is 11.3 Å². The van der Waals surface area contributed by atoms with Crippen molar-refractivity contribution in [3.05, 3.63) is 28.4 Å². The number of hydrogen-bond donors (Lipinski definition) is 3. The molecule has 3 rings (SSSR count). The lowest BCUT2D eigenvalue weighted by Crippen LogP contribution is -2.19. The highest BCUT2D eigenvalue weighted by Crippen LogP contribution is 2.37. The summed E-state index contributed by atoms with van der Waals surface area (Å²) in [5, 5.41) is 4.11. The number of thioether (sulfide) groups is 1. The van der Waals surface area contributed by atoms with Crippen LogP contribution in [0.4, 0.5) is 5.00 Å². The summed E-state index contributed by atoms with van der Waals surface area (Å²) in [6.45, 7) is 0. The largest absolute Gasteiger partial charge is 0.365 e. The van der Waals surface area contributed by atoms with E-state index < -0.39 is 5.91 Å². The first kappa shape index (κ1) is 15.1. The van der Waals surface area contributed by atoms with Crippen LogP contribution in [0.1, 0.15) is 33.6 Å². The lowest BCUT2D eigenvalue weighted by Gasteiger charge is -2.11. The molecular formula is C14H16N4O2S2. The number of fused-ring (bicyclic) bond motifs is 1. The number of aromatic amines is 1. The van der Waals surface area contributed by atoms with Gasteiger partial charge >= 0.3 is 0 Å². The number of nitrogens with zero attached hydrogens (tertiary/aromatic N) is 1. The van der Waals surface area contributed by atoms with Gasteiger partial charge in [-0.05, 0) is 31.2 Å². The lowest BCUT2D eigenvalue weighted by atomic mass is 9.95. The number of H-pyrrole nitrogens is 1. The third kappa shape index (κ3) is 3.17. The summed E-state index contributed by atoms with van der Waals surface area (Å²) in [5.41, 5.74) is 7.03. The number of anilines is 1. The van der Waals surface area contributed by atoms with Crippen LogP contribution in [0.25, 0.3) is 0 Å². The summed E-state index contributed by atoms with van der Waals surface area (Å²) in [4.78, 5) is 32.0. The molecule has 0 aromatic carbocycles. The molecule has 116 valence electrons. The molecule has 2 heterocycles. The minimum Gasteiger partial charge on any atom is -0.365 e. The number of nitrogens with one attached hydrogen (secondary N) is 2. The molecule has 0 spiro atoms. The molecule has 8 heteroatoms. The van der Waals surface area contributed by atoms with Crippen LogP contribution in [0.15, 0.2) is 17.6 Å². The Balaban J connectivity index is 1.72. The average molecular weight is 336 g/mol. The fraction of sp³-hybridized carbons (Fsp3) is 0.357. The third-order valence-corrected chi connectivity index (χ3v) is 5.59. The summed E-state index contributed by atoms with van der Waals surface area (Å²) < 4.78 is 0. The van der Waals surface area contributed by atoms with E-state index in [1.165, 1.54) is 28.0 Å². The van der Waals surface area contributed by atoms with Gasteiger partial charge in [0, 0.05) is 17.3 Å². The van der Waals surface area contributed by atoms with Crippen LogP contribution in [0, 0.1) is 0 Å². The van der Waals surface area contributed by atoms with Gasteiger partial charge in [0.25, 0.3) is 5.91 Å². The number of nitrogens with two attached hydrogens (primary N) is 1. The highest BCUT2D eigenvalue weighted by Gasteiger charge is 2.24. The average Bonchev–Trinajstić information content (AvgIpc) is 3.11. The molecule has 0 radical (unpaired) electrons. The molecule has 2 amide bonds. The third-order valence-electron chi connectivity index (χ3n) is 3.48. The molecule has 0 saturated heterocycles. The number of rotatable bonds is 5. The predicted molar refractivity (Wildman–Crippen MR) is 87.4 cm³/mol. The molecule has 2 aromatic heterocycles. The van der Waals surface area contributed by atoms with Gasteiger partial charge < -0.3 is 16.0 Å². The first-order valence-electron chi connectivity index (χ1n) is 7.01. The Morgan fingerprint density at radius 3 is 2.95 bits per heavy atom. The van der Waals surface area contributed by atoms with E-state index >= 15 is 0 Å². The highest BCUT2D eigenvalue weighted by atomic mass is 32.2. The number of aromatic nitrogens is 2. The Morgan fingerprint density at radius 1 is 1.41 bits per heavy atom. The van der Waals surface area contributed by atoms with Crippen molar-refractivity contribution in [2.45, 2.75) is 30.8 Å². The molecular weight excluding hydrogens is 320 g/mol. The van der Waals surface area contributed by atoms with Crippen molar-refractivity contribution >= 4 is 39.9 Å². The molecule has 0 atom stereocenters. The SMILES string of the molecule is NC(=O)c1c(NC(=O)CSc2ncc[nH]2)sc2c1CCCC2. The summed E-state index contributed by atoms with van der Waals surface area (Å²) in [6.07, 6.45) is 7.34. The van der Waals surface area contributed by atoms with E-state index in [0.717, 1.165) is 31.2 Å². The molecule has 0 aliphatic heterocycles. The number of hydrogen-bond acceptors (Lipinski definition) is 5. The van der Waals surface area contributed by atoms with Gasteiger partial charge in [-0.1, -0.05) is 11.8 Å². The fourth-order valence-electron chi connectivity index (χ4n) is 2.54. The number of aryl methyl sites for hydroxylation is 1. The summed E-state index contributed by atoms with van der Waals surface area (Å²) in [7, 11) is 0. The lowest BCUT2D eigenvalue weighted by molar-refractivity contribution is -0.113. The van der Waals surface area contributed by atoms with E-state index in [4.69, 9.17) is 5.73 Å². The van der Waals surface area contributed by atoms with Crippen molar-refractivity contribution in [3.63, 3.8) is 0 Å². The zero-order chi connectivity index (χ0) is 15.5. The van der Waals surface area contributed by atoms with Gasteiger partial charge in [-0.25, -0.2) is 4.98 Å². The second-order valence-corrected chi connectivity index (χ2v) is 7.08. The van der Waals surface area contributed by atoms with Crippen LogP contribution in [0.3, 0.4) is 0 Å². The van der Waals surface area contributed by atoms with Crippen molar-refractivity contribution < 1.29 is 9.59 Å². The Hall–Kier alpha value is -1.80. The molecule has 22 heavy (non-hydrogen) atoms. The quantitative estimate of drug-likeness (QED) is 0.728. The standard InChI is InChI=1S/C14H16N4O2S2/c15-12(20)11-8-3-1-2-4-9(8)22-13(11)18-10(19)7-21-14-16-5-6-17-14/h5-6H,1-4,7H2,(H2,15,20)(H,16,17)(H,18,19). The summed E-state index contributed by atoms with van der Waals surface area (Å²) >= 11 is 2.79. The van der Waals surface area contributed by atoms with Crippen molar-refractivity contribution in [3.8, 4) is 0 Å². The van der Waals surface area contributed by atoms with Gasteiger partial charge in [-0.3, -0.25) is 9.59 Å². The molecule has 0 saturated carbocycles. The molecule has 2 aromatic rings. The van der Waals surface area contributed by atoms with Crippen molar-refractivity contribution in [1.29, 1.82) is 0 Å². The maximum Gasteiger partial charge on any atom is 0.251 e. The van der Waals surface area contributed by atoms with E-state index in [1.807, 2.05) is 0 Å².